The minimum Gasteiger partial charge on any atom is -0.359 e. The van der Waals surface area contributed by atoms with Gasteiger partial charge in [-0.2, -0.15) is 0 Å². The molecule has 1 N–H and O–H groups in total. The molecule has 0 radical (unpaired) electrons. The quantitative estimate of drug-likeness (QED) is 0.462. The van der Waals surface area contributed by atoms with E-state index >= 15 is 0 Å². The summed E-state index contributed by atoms with van der Waals surface area (Å²) in [6.07, 6.45) is -0.371. The van der Waals surface area contributed by atoms with Gasteiger partial charge in [0.1, 0.15) is 0 Å². The first-order valence-electron chi connectivity index (χ1n) is 8.05. The Morgan fingerprint density at radius 2 is 1.88 bits per heavy atom. The molecule has 3 fully saturated rings. The molecular formula is C15H18Cl3N3O5. The molecule has 3 aliphatic heterocycles. The van der Waals surface area contributed by atoms with E-state index in [1.54, 1.807) is 6.92 Å². The maximum absolute atomic E-state index is 12.7. The predicted octanol–water partition coefficient (Wildman–Crippen LogP) is 1.08. The van der Waals surface area contributed by atoms with Crippen LogP contribution in [0.4, 0.5) is 4.79 Å². The largest absolute Gasteiger partial charge is 0.359 e. The van der Waals surface area contributed by atoms with E-state index in [-0.39, 0.29) is 12.5 Å². The number of halogens is 3. The van der Waals surface area contributed by atoms with Crippen LogP contribution in [0.3, 0.4) is 0 Å². The van der Waals surface area contributed by atoms with Gasteiger partial charge < -0.3 is 9.64 Å². The first-order chi connectivity index (χ1) is 11.9. The Bertz CT molecular complexity index is 697. The first kappa shape index (κ1) is 19.7. The molecule has 0 aromatic heterocycles. The molecule has 3 heterocycles. The lowest BCUT2D eigenvalue weighted by Crippen LogP contribution is -2.63. The topological polar surface area (TPSA) is 96.0 Å². The number of piperidine rings is 1. The van der Waals surface area contributed by atoms with Gasteiger partial charge in [0.15, 0.2) is 6.10 Å². The molecule has 0 unspecified atom stereocenters. The van der Waals surface area contributed by atoms with E-state index in [9.17, 15) is 19.2 Å². The third-order valence-electron chi connectivity index (χ3n) is 5.21. The number of rotatable bonds is 0. The second kappa shape index (κ2) is 6.22. The zero-order valence-corrected chi connectivity index (χ0v) is 16.6. The monoisotopic (exact) mass is 425 g/mol. The molecule has 5 amide bonds. The molecule has 0 aromatic carbocycles. The summed E-state index contributed by atoms with van der Waals surface area (Å²) >= 11 is 16.5. The number of urea groups is 1. The first-order valence-corrected chi connectivity index (χ1v) is 9.18. The molecule has 0 aromatic rings. The summed E-state index contributed by atoms with van der Waals surface area (Å²) in [6.45, 7) is 3.95. The average Bonchev–Trinajstić information content (AvgIpc) is 2.92. The molecule has 0 aliphatic carbocycles. The normalized spacial score (nSPS) is 36.8. The lowest BCUT2D eigenvalue weighted by atomic mass is 9.77. The number of hydrogen-bond acceptors (Lipinski definition) is 5. The Balaban J connectivity index is 1.93. The van der Waals surface area contributed by atoms with Crippen LogP contribution in [0.15, 0.2) is 0 Å². The summed E-state index contributed by atoms with van der Waals surface area (Å²) in [4.78, 5) is 51.8. The number of ether oxygens (including phenoxy) is 1. The number of fused-ring (bicyclic) bond motifs is 3. The smallest absolute Gasteiger partial charge is 0.324 e. The van der Waals surface area contributed by atoms with Gasteiger partial charge in [0.25, 0.3) is 15.6 Å². The Kier molecular flexibility index (Phi) is 4.71. The molecule has 11 heteroatoms. The van der Waals surface area contributed by atoms with Crippen molar-refractivity contribution in [2.75, 3.05) is 13.6 Å². The van der Waals surface area contributed by atoms with Crippen molar-refractivity contribution in [1.82, 2.24) is 15.1 Å². The summed E-state index contributed by atoms with van der Waals surface area (Å²) < 4.78 is 3.66. The van der Waals surface area contributed by atoms with Crippen LogP contribution in [0.1, 0.15) is 20.3 Å². The number of likely N-dealkylation sites (tertiary alicyclic amines) is 2. The second-order valence-electron chi connectivity index (χ2n) is 7.28. The molecule has 26 heavy (non-hydrogen) atoms. The van der Waals surface area contributed by atoms with Crippen LogP contribution in [0.25, 0.3) is 0 Å². The number of carbonyl (C=O) groups excluding carboxylic acids is 4. The standard InChI is InChI=1S/C15H18Cl3N3O5/c1-6-4-14(2)9(7-8(26-14)11(23)20(3)10(7)22)21(5-6)13(25)19-12(24)15(16,17)18/h6-9H,4-5H2,1-3H3,(H,19,24,25)/t6-,7-,8-,9-,14-/m0/s1. The van der Waals surface area contributed by atoms with E-state index in [2.05, 4.69) is 0 Å². The zero-order valence-electron chi connectivity index (χ0n) is 14.3. The van der Waals surface area contributed by atoms with E-state index in [4.69, 9.17) is 39.5 Å². The molecule has 3 aliphatic rings. The Labute approximate surface area is 165 Å². The predicted molar refractivity (Wildman–Crippen MR) is 92.6 cm³/mol. The average molecular weight is 427 g/mol. The van der Waals surface area contributed by atoms with Gasteiger partial charge in [0.2, 0.25) is 5.91 Å². The number of imide groups is 2. The fourth-order valence-electron chi connectivity index (χ4n) is 4.32. The minimum atomic E-state index is -2.30. The highest BCUT2D eigenvalue weighted by molar-refractivity contribution is 6.76. The summed E-state index contributed by atoms with van der Waals surface area (Å²) in [6, 6.07) is -1.49. The van der Waals surface area contributed by atoms with Gasteiger partial charge in [-0.25, -0.2) is 4.79 Å². The van der Waals surface area contributed by atoms with E-state index < -0.39 is 51.2 Å². The molecule has 144 valence electrons. The van der Waals surface area contributed by atoms with Crippen LogP contribution < -0.4 is 5.32 Å². The number of hydrogen-bond donors (Lipinski definition) is 1. The molecule has 0 bridgehead atoms. The van der Waals surface area contributed by atoms with Crippen molar-refractivity contribution in [3.8, 4) is 0 Å². The maximum Gasteiger partial charge on any atom is 0.324 e. The highest BCUT2D eigenvalue weighted by Gasteiger charge is 2.66. The van der Waals surface area contributed by atoms with Crippen LogP contribution in [0.5, 0.6) is 0 Å². The Hall–Kier alpha value is -1.09. The van der Waals surface area contributed by atoms with Gasteiger partial charge >= 0.3 is 6.03 Å². The van der Waals surface area contributed by atoms with Gasteiger partial charge in [-0.05, 0) is 19.3 Å². The van der Waals surface area contributed by atoms with Crippen molar-refractivity contribution in [2.24, 2.45) is 11.8 Å². The van der Waals surface area contributed by atoms with Gasteiger partial charge in [0, 0.05) is 13.6 Å². The fourth-order valence-corrected chi connectivity index (χ4v) is 4.46. The molecule has 0 spiro atoms. The minimum absolute atomic E-state index is 0.0200. The van der Waals surface area contributed by atoms with Crippen LogP contribution >= 0.6 is 34.8 Å². The molecular weight excluding hydrogens is 409 g/mol. The molecule has 5 atom stereocenters. The van der Waals surface area contributed by atoms with Crippen molar-refractivity contribution >= 4 is 58.6 Å². The molecule has 3 rings (SSSR count). The van der Waals surface area contributed by atoms with Crippen LogP contribution in [-0.2, 0) is 19.1 Å². The number of alkyl halides is 3. The van der Waals surface area contributed by atoms with Crippen molar-refractivity contribution in [2.45, 2.75) is 41.8 Å². The van der Waals surface area contributed by atoms with Gasteiger partial charge in [-0.15, -0.1) is 0 Å². The third-order valence-corrected chi connectivity index (χ3v) is 5.73. The molecule has 8 nitrogen and oxygen atoms in total. The number of likely N-dealkylation sites (N-methyl/N-ethyl adjacent to an activating group) is 1. The van der Waals surface area contributed by atoms with Crippen LogP contribution in [-0.4, -0.2) is 68.7 Å². The van der Waals surface area contributed by atoms with E-state index in [0.717, 1.165) is 4.90 Å². The number of carbonyl (C=O) groups is 4. The van der Waals surface area contributed by atoms with Crippen molar-refractivity contribution < 1.29 is 23.9 Å². The number of nitrogens with zero attached hydrogens (tertiary/aromatic N) is 2. The SMILES string of the molecule is C[C@@H]1CN(C(=O)NC(=O)C(Cl)(Cl)Cl)[C@H]2[C@H]3C(=O)N(C)C(=O)[C@H]3O[C@@]2(C)C1. The van der Waals surface area contributed by atoms with Gasteiger partial charge in [0.05, 0.1) is 17.6 Å². The van der Waals surface area contributed by atoms with Crippen molar-refractivity contribution in [3.05, 3.63) is 0 Å². The third kappa shape index (κ3) is 2.96. The van der Waals surface area contributed by atoms with E-state index in [1.165, 1.54) is 11.9 Å². The maximum atomic E-state index is 12.7. The summed E-state index contributed by atoms with van der Waals surface area (Å²) in [5.74, 6) is -2.73. The highest BCUT2D eigenvalue weighted by atomic mass is 35.6. The number of amides is 5. The lowest BCUT2D eigenvalue weighted by Gasteiger charge is -2.47. The molecule has 0 saturated carbocycles. The summed E-state index contributed by atoms with van der Waals surface area (Å²) in [7, 11) is 1.38. The Morgan fingerprint density at radius 3 is 2.46 bits per heavy atom. The lowest BCUT2D eigenvalue weighted by molar-refractivity contribution is -0.150. The second-order valence-corrected chi connectivity index (χ2v) is 9.56. The van der Waals surface area contributed by atoms with Gasteiger partial charge in [-0.1, -0.05) is 41.7 Å². The van der Waals surface area contributed by atoms with Crippen molar-refractivity contribution in [1.29, 1.82) is 0 Å². The summed E-state index contributed by atoms with van der Waals surface area (Å²) in [5, 5.41) is 2.04. The Morgan fingerprint density at radius 1 is 1.27 bits per heavy atom. The zero-order chi connectivity index (χ0) is 19.6. The van der Waals surface area contributed by atoms with E-state index in [0.29, 0.717) is 6.42 Å². The fraction of sp³-hybridized carbons (Fsp3) is 0.733. The number of nitrogens with one attached hydrogen (secondary N) is 1. The van der Waals surface area contributed by atoms with E-state index in [1.807, 2.05) is 12.2 Å². The molecule has 3 saturated heterocycles. The summed E-state index contributed by atoms with van der Waals surface area (Å²) in [5.41, 5.74) is -0.889. The van der Waals surface area contributed by atoms with Crippen molar-refractivity contribution in [3.63, 3.8) is 0 Å². The van der Waals surface area contributed by atoms with Crippen LogP contribution in [0, 0.1) is 11.8 Å². The highest BCUT2D eigenvalue weighted by Crippen LogP contribution is 2.48. The van der Waals surface area contributed by atoms with Crippen LogP contribution in [0.2, 0.25) is 0 Å². The van der Waals surface area contributed by atoms with Gasteiger partial charge in [-0.3, -0.25) is 24.6 Å².